The summed E-state index contributed by atoms with van der Waals surface area (Å²) < 4.78 is 31.5. The van der Waals surface area contributed by atoms with Crippen molar-refractivity contribution in [3.63, 3.8) is 0 Å². The Morgan fingerprint density at radius 3 is 2.32 bits per heavy atom. The molecule has 0 aliphatic rings. The molecule has 0 aromatic heterocycles. The van der Waals surface area contributed by atoms with E-state index >= 15 is 0 Å². The first-order valence-electron chi connectivity index (χ1n) is 5.52. The van der Waals surface area contributed by atoms with Crippen LogP contribution in [0.25, 0.3) is 0 Å². The summed E-state index contributed by atoms with van der Waals surface area (Å²) in [7, 11) is -2.45. The van der Waals surface area contributed by atoms with Gasteiger partial charge in [-0.1, -0.05) is 15.9 Å². The highest BCUT2D eigenvalue weighted by atomic mass is 79.9. The fourth-order valence-electron chi connectivity index (χ4n) is 1.57. The predicted molar refractivity (Wildman–Crippen MR) is 73.6 cm³/mol. The minimum atomic E-state index is -3.83. The number of benzene rings is 1. The van der Waals surface area contributed by atoms with Crippen LogP contribution in [-0.4, -0.2) is 56.3 Å². The van der Waals surface area contributed by atoms with Crippen LogP contribution < -0.4 is 4.74 Å². The summed E-state index contributed by atoms with van der Waals surface area (Å²) in [5.74, 6) is 0.212. The quantitative estimate of drug-likeness (QED) is 0.742. The molecule has 0 atom stereocenters. The minimum absolute atomic E-state index is 0.00808. The lowest BCUT2D eigenvalue weighted by Crippen LogP contribution is -2.36. The molecule has 1 rings (SSSR count). The molecule has 0 bridgehead atoms. The van der Waals surface area contributed by atoms with Crippen LogP contribution in [-0.2, 0) is 10.0 Å². The third-order valence-electron chi connectivity index (χ3n) is 2.44. The van der Waals surface area contributed by atoms with Gasteiger partial charge in [0.15, 0.2) is 0 Å². The van der Waals surface area contributed by atoms with Gasteiger partial charge in [-0.2, -0.15) is 4.31 Å². The van der Waals surface area contributed by atoms with E-state index in [0.717, 1.165) is 4.31 Å². The molecule has 0 fully saturated rings. The zero-order chi connectivity index (χ0) is 14.5. The zero-order valence-electron chi connectivity index (χ0n) is 10.4. The van der Waals surface area contributed by atoms with Gasteiger partial charge in [-0.25, -0.2) is 8.42 Å². The summed E-state index contributed by atoms with van der Waals surface area (Å²) in [5.41, 5.74) is 0. The molecule has 0 amide bonds. The van der Waals surface area contributed by atoms with Crippen molar-refractivity contribution in [3.05, 3.63) is 22.7 Å². The topological polar surface area (TPSA) is 87.1 Å². The first kappa shape index (κ1) is 16.4. The van der Waals surface area contributed by atoms with Gasteiger partial charge in [0, 0.05) is 17.6 Å². The van der Waals surface area contributed by atoms with Crippen LogP contribution in [0.1, 0.15) is 0 Å². The van der Waals surface area contributed by atoms with Crippen LogP contribution in [0.3, 0.4) is 0 Å². The molecular formula is C11H16BrNO5S. The molecule has 2 N–H and O–H groups in total. The Kier molecular flexibility index (Phi) is 6.21. The normalized spacial score (nSPS) is 11.8. The van der Waals surface area contributed by atoms with Crippen molar-refractivity contribution in [1.82, 2.24) is 4.31 Å². The fraction of sp³-hybridized carbons (Fsp3) is 0.455. The van der Waals surface area contributed by atoms with Gasteiger partial charge in [-0.05, 0) is 18.2 Å². The molecule has 0 unspecified atom stereocenters. The highest BCUT2D eigenvalue weighted by Gasteiger charge is 2.27. The molecule has 8 heteroatoms. The maximum absolute atomic E-state index is 12.4. The van der Waals surface area contributed by atoms with Crippen molar-refractivity contribution < 1.29 is 23.4 Å². The number of aliphatic hydroxyl groups excluding tert-OH is 2. The fourth-order valence-corrected chi connectivity index (χ4v) is 3.68. The van der Waals surface area contributed by atoms with Crippen LogP contribution >= 0.6 is 15.9 Å². The summed E-state index contributed by atoms with van der Waals surface area (Å²) in [6, 6.07) is 4.63. The number of aliphatic hydroxyl groups is 2. The number of nitrogens with zero attached hydrogens (tertiary/aromatic N) is 1. The van der Waals surface area contributed by atoms with Gasteiger partial charge in [0.1, 0.15) is 10.6 Å². The second-order valence-corrected chi connectivity index (χ2v) is 6.47. The summed E-state index contributed by atoms with van der Waals surface area (Å²) in [6.07, 6.45) is 0. The molecule has 0 heterocycles. The number of sulfonamides is 1. The average Bonchev–Trinajstić information content (AvgIpc) is 2.38. The van der Waals surface area contributed by atoms with Crippen molar-refractivity contribution in [2.75, 3.05) is 33.4 Å². The first-order chi connectivity index (χ1) is 8.97. The van der Waals surface area contributed by atoms with E-state index in [1.54, 1.807) is 6.07 Å². The molecule has 1 aromatic carbocycles. The number of ether oxygens (including phenoxy) is 1. The monoisotopic (exact) mass is 353 g/mol. The van der Waals surface area contributed by atoms with E-state index in [1.807, 2.05) is 0 Å². The van der Waals surface area contributed by atoms with Crippen molar-refractivity contribution in [1.29, 1.82) is 0 Å². The Labute approximate surface area is 120 Å². The summed E-state index contributed by atoms with van der Waals surface area (Å²) in [5, 5.41) is 17.9. The number of rotatable bonds is 7. The average molecular weight is 354 g/mol. The third kappa shape index (κ3) is 3.90. The van der Waals surface area contributed by atoms with Gasteiger partial charge < -0.3 is 14.9 Å². The zero-order valence-corrected chi connectivity index (χ0v) is 12.8. The maximum atomic E-state index is 12.4. The molecule has 0 spiro atoms. The van der Waals surface area contributed by atoms with Gasteiger partial charge in [-0.3, -0.25) is 0 Å². The lowest BCUT2D eigenvalue weighted by molar-refractivity contribution is 0.217. The van der Waals surface area contributed by atoms with Crippen LogP contribution in [0.15, 0.2) is 27.6 Å². The summed E-state index contributed by atoms with van der Waals surface area (Å²) in [4.78, 5) is -0.00808. The SMILES string of the molecule is COc1ccc(Br)cc1S(=O)(=O)N(CCO)CCO. The Hall–Kier alpha value is -0.670. The van der Waals surface area contributed by atoms with Gasteiger partial charge in [-0.15, -0.1) is 0 Å². The smallest absolute Gasteiger partial charge is 0.246 e. The van der Waals surface area contributed by atoms with E-state index in [-0.39, 0.29) is 36.9 Å². The number of methoxy groups -OCH3 is 1. The second kappa shape index (κ2) is 7.20. The largest absolute Gasteiger partial charge is 0.495 e. The third-order valence-corrected chi connectivity index (χ3v) is 4.86. The summed E-state index contributed by atoms with van der Waals surface area (Å²) >= 11 is 3.21. The van der Waals surface area contributed by atoms with Gasteiger partial charge >= 0.3 is 0 Å². The molecular weight excluding hydrogens is 338 g/mol. The molecule has 0 radical (unpaired) electrons. The predicted octanol–water partition coefficient (Wildman–Crippen LogP) is 0.433. The Morgan fingerprint density at radius 1 is 1.26 bits per heavy atom. The second-order valence-electron chi connectivity index (χ2n) is 3.65. The number of hydrogen-bond acceptors (Lipinski definition) is 5. The van der Waals surface area contributed by atoms with E-state index in [1.165, 1.54) is 19.2 Å². The highest BCUT2D eigenvalue weighted by molar-refractivity contribution is 9.10. The van der Waals surface area contributed by atoms with Gasteiger partial charge in [0.2, 0.25) is 10.0 Å². The van der Waals surface area contributed by atoms with E-state index in [4.69, 9.17) is 14.9 Å². The molecule has 0 saturated heterocycles. The first-order valence-corrected chi connectivity index (χ1v) is 7.76. The van der Waals surface area contributed by atoms with Crippen molar-refractivity contribution >= 4 is 26.0 Å². The Morgan fingerprint density at radius 2 is 1.84 bits per heavy atom. The Bertz CT molecular complexity index is 514. The van der Waals surface area contributed by atoms with E-state index in [0.29, 0.717) is 4.47 Å². The number of halogens is 1. The molecule has 19 heavy (non-hydrogen) atoms. The highest BCUT2D eigenvalue weighted by Crippen LogP contribution is 2.29. The molecule has 0 saturated carbocycles. The summed E-state index contributed by atoms with van der Waals surface area (Å²) in [6.45, 7) is -0.817. The molecule has 0 aliphatic heterocycles. The van der Waals surface area contributed by atoms with Crippen LogP contribution in [0.4, 0.5) is 0 Å². The molecule has 108 valence electrons. The Balaban J connectivity index is 3.27. The van der Waals surface area contributed by atoms with Crippen LogP contribution in [0.2, 0.25) is 0 Å². The maximum Gasteiger partial charge on any atom is 0.246 e. The molecule has 6 nitrogen and oxygen atoms in total. The lowest BCUT2D eigenvalue weighted by Gasteiger charge is -2.21. The van der Waals surface area contributed by atoms with Crippen LogP contribution in [0.5, 0.6) is 5.75 Å². The minimum Gasteiger partial charge on any atom is -0.495 e. The molecule has 1 aromatic rings. The van der Waals surface area contributed by atoms with Crippen molar-refractivity contribution in [3.8, 4) is 5.75 Å². The molecule has 0 aliphatic carbocycles. The lowest BCUT2D eigenvalue weighted by atomic mass is 10.3. The van der Waals surface area contributed by atoms with Gasteiger partial charge in [0.25, 0.3) is 0 Å². The number of hydrogen-bond donors (Lipinski definition) is 2. The van der Waals surface area contributed by atoms with Crippen molar-refractivity contribution in [2.45, 2.75) is 4.90 Å². The van der Waals surface area contributed by atoms with E-state index in [2.05, 4.69) is 15.9 Å². The van der Waals surface area contributed by atoms with E-state index in [9.17, 15) is 8.42 Å². The van der Waals surface area contributed by atoms with Crippen molar-refractivity contribution in [2.24, 2.45) is 0 Å². The standard InChI is InChI=1S/C11H16BrNO5S/c1-18-10-3-2-9(12)8-11(10)19(16,17)13(4-6-14)5-7-15/h2-3,8,14-15H,4-7H2,1H3. The van der Waals surface area contributed by atoms with E-state index < -0.39 is 10.0 Å². The van der Waals surface area contributed by atoms with Crippen LogP contribution in [0, 0.1) is 0 Å². The van der Waals surface area contributed by atoms with Gasteiger partial charge in [0.05, 0.1) is 20.3 Å².